The van der Waals surface area contributed by atoms with Crippen LogP contribution >= 0.6 is 11.6 Å². The minimum absolute atomic E-state index is 0.0218. The zero-order valence-electron chi connectivity index (χ0n) is 15.8. The van der Waals surface area contributed by atoms with Crippen molar-refractivity contribution in [3.63, 3.8) is 0 Å². The van der Waals surface area contributed by atoms with E-state index in [0.29, 0.717) is 35.3 Å². The van der Waals surface area contributed by atoms with Gasteiger partial charge in [-0.1, -0.05) is 25.4 Å². The predicted molar refractivity (Wildman–Crippen MR) is 109 cm³/mol. The lowest BCUT2D eigenvalue weighted by molar-refractivity contribution is -0.117. The van der Waals surface area contributed by atoms with E-state index in [2.05, 4.69) is 5.32 Å². The van der Waals surface area contributed by atoms with Gasteiger partial charge in [-0.05, 0) is 55.3 Å². The summed E-state index contributed by atoms with van der Waals surface area (Å²) in [4.78, 5) is 12.4. The van der Waals surface area contributed by atoms with Crippen LogP contribution in [0.3, 0.4) is 0 Å². The van der Waals surface area contributed by atoms with Crippen LogP contribution in [0, 0.1) is 5.92 Å². The van der Waals surface area contributed by atoms with Crippen molar-refractivity contribution < 1.29 is 17.9 Å². The summed E-state index contributed by atoms with van der Waals surface area (Å²) in [6.07, 6.45) is 1.69. The molecule has 1 amide bonds. The van der Waals surface area contributed by atoms with Gasteiger partial charge in [0.25, 0.3) is 0 Å². The zero-order valence-corrected chi connectivity index (χ0v) is 17.4. The first-order valence-corrected chi connectivity index (χ1v) is 11.1. The fraction of sp³-hybridized carbons (Fsp3) is 0.350. The monoisotopic (exact) mass is 422 g/mol. The number of carbonyl (C=O) groups is 1. The van der Waals surface area contributed by atoms with Crippen molar-refractivity contribution in [3.05, 3.63) is 47.5 Å². The van der Waals surface area contributed by atoms with Gasteiger partial charge in [-0.25, -0.2) is 8.42 Å². The lowest BCUT2D eigenvalue weighted by atomic mass is 10.2. The molecule has 0 saturated heterocycles. The number of ether oxygens (including phenoxy) is 1. The standard InChI is InChI=1S/C20H23ClN2O4S/c1-3-23(4-2)28(25,26)17-11-12-19(27-16-9-7-15(21)8-10-16)18(13-17)22-20(24)14-5-6-14/h7-14H,3-6H2,1-2H3,(H,22,24). The Kier molecular flexibility index (Phi) is 6.27. The Morgan fingerprint density at radius 3 is 2.36 bits per heavy atom. The Morgan fingerprint density at radius 1 is 1.14 bits per heavy atom. The fourth-order valence-corrected chi connectivity index (χ4v) is 4.39. The number of carbonyl (C=O) groups excluding carboxylic acids is 1. The van der Waals surface area contributed by atoms with Crippen LogP contribution in [0.4, 0.5) is 5.69 Å². The highest BCUT2D eigenvalue weighted by atomic mass is 35.5. The average Bonchev–Trinajstić information content (AvgIpc) is 3.51. The molecule has 0 unspecified atom stereocenters. The average molecular weight is 423 g/mol. The molecule has 0 bridgehead atoms. The second-order valence-electron chi connectivity index (χ2n) is 6.57. The molecule has 1 aliphatic carbocycles. The largest absolute Gasteiger partial charge is 0.455 e. The van der Waals surface area contributed by atoms with Crippen molar-refractivity contribution in [3.8, 4) is 11.5 Å². The summed E-state index contributed by atoms with van der Waals surface area (Å²) in [5.41, 5.74) is 0.333. The molecule has 0 aromatic heterocycles. The molecule has 0 spiro atoms. The second kappa shape index (κ2) is 8.51. The lowest BCUT2D eigenvalue weighted by Crippen LogP contribution is -2.30. The minimum Gasteiger partial charge on any atom is -0.455 e. The number of benzene rings is 2. The van der Waals surface area contributed by atoms with Gasteiger partial charge in [0.2, 0.25) is 15.9 Å². The molecule has 1 saturated carbocycles. The smallest absolute Gasteiger partial charge is 0.243 e. The van der Waals surface area contributed by atoms with Gasteiger partial charge < -0.3 is 10.1 Å². The quantitative estimate of drug-likeness (QED) is 0.679. The van der Waals surface area contributed by atoms with E-state index in [4.69, 9.17) is 16.3 Å². The van der Waals surface area contributed by atoms with Crippen LogP contribution in [0.2, 0.25) is 5.02 Å². The van der Waals surface area contributed by atoms with Gasteiger partial charge in [-0.15, -0.1) is 0 Å². The Hall–Kier alpha value is -2.09. The summed E-state index contributed by atoms with van der Waals surface area (Å²) in [7, 11) is -3.65. The topological polar surface area (TPSA) is 75.7 Å². The Labute approximate surface area is 170 Å². The number of halogens is 1. The number of nitrogens with one attached hydrogen (secondary N) is 1. The van der Waals surface area contributed by atoms with Crippen LogP contribution in [0.25, 0.3) is 0 Å². The van der Waals surface area contributed by atoms with E-state index in [1.165, 1.54) is 16.4 Å². The summed E-state index contributed by atoms with van der Waals surface area (Å²) in [6, 6.07) is 11.3. The minimum atomic E-state index is -3.65. The highest BCUT2D eigenvalue weighted by Crippen LogP contribution is 2.36. The molecular formula is C20H23ClN2O4S. The molecule has 28 heavy (non-hydrogen) atoms. The first-order chi connectivity index (χ1) is 13.3. The van der Waals surface area contributed by atoms with E-state index in [1.54, 1.807) is 44.2 Å². The number of nitrogens with zero attached hydrogens (tertiary/aromatic N) is 1. The fourth-order valence-electron chi connectivity index (χ4n) is 2.78. The van der Waals surface area contributed by atoms with Gasteiger partial charge in [0.05, 0.1) is 10.6 Å². The molecule has 2 aromatic rings. The van der Waals surface area contributed by atoms with E-state index in [-0.39, 0.29) is 16.7 Å². The van der Waals surface area contributed by atoms with Crippen LogP contribution < -0.4 is 10.1 Å². The van der Waals surface area contributed by atoms with Crippen molar-refractivity contribution in [2.75, 3.05) is 18.4 Å². The van der Waals surface area contributed by atoms with Crippen LogP contribution in [0.15, 0.2) is 47.4 Å². The Balaban J connectivity index is 1.96. The van der Waals surface area contributed by atoms with Crippen molar-refractivity contribution in [1.82, 2.24) is 4.31 Å². The SMILES string of the molecule is CCN(CC)S(=O)(=O)c1ccc(Oc2ccc(Cl)cc2)c(NC(=O)C2CC2)c1. The highest BCUT2D eigenvalue weighted by Gasteiger charge is 2.31. The number of hydrogen-bond acceptors (Lipinski definition) is 4. The molecule has 0 heterocycles. The summed E-state index contributed by atoms with van der Waals surface area (Å²) < 4.78 is 32.9. The van der Waals surface area contributed by atoms with Gasteiger partial charge in [0, 0.05) is 24.0 Å². The maximum Gasteiger partial charge on any atom is 0.243 e. The molecule has 8 heteroatoms. The molecule has 1 fully saturated rings. The first-order valence-electron chi connectivity index (χ1n) is 9.23. The lowest BCUT2D eigenvalue weighted by Gasteiger charge is -2.20. The van der Waals surface area contributed by atoms with Gasteiger partial charge in [0.15, 0.2) is 5.75 Å². The first kappa shape index (κ1) is 20.6. The van der Waals surface area contributed by atoms with Gasteiger partial charge in [0.1, 0.15) is 5.75 Å². The molecule has 1 N–H and O–H groups in total. The molecule has 150 valence electrons. The molecule has 3 rings (SSSR count). The van der Waals surface area contributed by atoms with E-state index in [0.717, 1.165) is 12.8 Å². The van der Waals surface area contributed by atoms with Crippen LogP contribution in [-0.2, 0) is 14.8 Å². The van der Waals surface area contributed by atoms with Crippen LogP contribution in [0.5, 0.6) is 11.5 Å². The van der Waals surface area contributed by atoms with Crippen LogP contribution in [0.1, 0.15) is 26.7 Å². The van der Waals surface area contributed by atoms with Crippen LogP contribution in [-0.4, -0.2) is 31.7 Å². The maximum absolute atomic E-state index is 12.8. The third-order valence-electron chi connectivity index (χ3n) is 4.54. The second-order valence-corrected chi connectivity index (χ2v) is 8.94. The number of anilines is 1. The number of amides is 1. The van der Waals surface area contributed by atoms with Gasteiger partial charge in [-0.3, -0.25) is 4.79 Å². The molecule has 0 atom stereocenters. The summed E-state index contributed by atoms with van der Waals surface area (Å²) >= 11 is 5.90. The van der Waals surface area contributed by atoms with Gasteiger partial charge in [-0.2, -0.15) is 4.31 Å². The maximum atomic E-state index is 12.8. The third kappa shape index (κ3) is 4.66. The molecule has 6 nitrogen and oxygen atoms in total. The Morgan fingerprint density at radius 2 is 1.79 bits per heavy atom. The molecule has 1 aliphatic rings. The highest BCUT2D eigenvalue weighted by molar-refractivity contribution is 7.89. The van der Waals surface area contributed by atoms with Gasteiger partial charge >= 0.3 is 0 Å². The normalized spacial score (nSPS) is 14.1. The molecule has 0 radical (unpaired) electrons. The molecular weight excluding hydrogens is 400 g/mol. The van der Waals surface area contributed by atoms with Crippen molar-refractivity contribution in [1.29, 1.82) is 0 Å². The van der Waals surface area contributed by atoms with E-state index in [9.17, 15) is 13.2 Å². The third-order valence-corrected chi connectivity index (χ3v) is 6.84. The zero-order chi connectivity index (χ0) is 20.3. The number of rotatable bonds is 8. The van der Waals surface area contributed by atoms with E-state index in [1.807, 2.05) is 0 Å². The Bertz CT molecular complexity index is 953. The number of hydrogen-bond donors (Lipinski definition) is 1. The number of sulfonamides is 1. The van der Waals surface area contributed by atoms with E-state index < -0.39 is 10.0 Å². The summed E-state index contributed by atoms with van der Waals surface area (Å²) in [5.74, 6) is 0.755. The predicted octanol–water partition coefficient (Wildman–Crippen LogP) is 4.51. The molecule has 0 aliphatic heterocycles. The van der Waals surface area contributed by atoms with Crippen molar-refractivity contribution in [2.24, 2.45) is 5.92 Å². The summed E-state index contributed by atoms with van der Waals surface area (Å²) in [5, 5.41) is 3.40. The van der Waals surface area contributed by atoms with Crippen molar-refractivity contribution in [2.45, 2.75) is 31.6 Å². The molecule has 2 aromatic carbocycles. The summed E-state index contributed by atoms with van der Waals surface area (Å²) in [6.45, 7) is 4.31. The van der Waals surface area contributed by atoms with Crippen molar-refractivity contribution >= 4 is 33.2 Å². The van der Waals surface area contributed by atoms with E-state index >= 15 is 0 Å².